The van der Waals surface area contributed by atoms with E-state index in [-0.39, 0.29) is 6.08 Å². The molecule has 0 radical (unpaired) electrons. The Morgan fingerprint density at radius 3 is 2.83 bits per heavy atom. The Balaban J connectivity index is 2.15. The van der Waals surface area contributed by atoms with E-state index in [2.05, 4.69) is 9.97 Å². The van der Waals surface area contributed by atoms with Gasteiger partial charge >= 0.3 is 6.08 Å². The lowest BCUT2D eigenvalue weighted by molar-refractivity contribution is 0.321. The Morgan fingerprint density at radius 1 is 1.17 bits per heavy atom. The zero-order valence-corrected chi connectivity index (χ0v) is 6.18. The summed E-state index contributed by atoms with van der Waals surface area (Å²) in [5, 5.41) is 0. The van der Waals surface area contributed by atoms with Crippen molar-refractivity contribution >= 4 is 0 Å². The Bertz CT molecular complexity index is 331. The average molecular weight is 162 g/mol. The largest absolute Gasteiger partial charge is 0.417 e. The van der Waals surface area contributed by atoms with E-state index in [0.29, 0.717) is 5.88 Å². The van der Waals surface area contributed by atoms with Gasteiger partial charge in [-0.1, -0.05) is 6.07 Å². The van der Waals surface area contributed by atoms with Crippen molar-refractivity contribution in [3.05, 3.63) is 36.9 Å². The highest BCUT2D eigenvalue weighted by Gasteiger charge is 1.99. The van der Waals surface area contributed by atoms with Gasteiger partial charge in [0.1, 0.15) is 6.26 Å². The van der Waals surface area contributed by atoms with Crippen LogP contribution in [0.3, 0.4) is 0 Å². The van der Waals surface area contributed by atoms with Gasteiger partial charge in [-0.2, -0.15) is 4.98 Å². The molecule has 0 fully saturated rings. The van der Waals surface area contributed by atoms with Crippen molar-refractivity contribution in [2.24, 2.45) is 0 Å². The summed E-state index contributed by atoms with van der Waals surface area (Å²) in [5.41, 5.74) is 0. The molecule has 2 heterocycles. The molecule has 60 valence electrons. The maximum atomic E-state index is 5.13. The molecule has 0 amide bonds. The van der Waals surface area contributed by atoms with Crippen molar-refractivity contribution in [1.82, 2.24) is 9.97 Å². The summed E-state index contributed by atoms with van der Waals surface area (Å²) in [6, 6.07) is 5.36. The van der Waals surface area contributed by atoms with Crippen LogP contribution < -0.4 is 4.74 Å². The van der Waals surface area contributed by atoms with Gasteiger partial charge < -0.3 is 9.15 Å². The topological polar surface area (TPSA) is 48.2 Å². The van der Waals surface area contributed by atoms with Crippen molar-refractivity contribution in [3.63, 3.8) is 0 Å². The van der Waals surface area contributed by atoms with E-state index in [4.69, 9.17) is 9.15 Å². The van der Waals surface area contributed by atoms with E-state index in [1.807, 2.05) is 12.1 Å². The summed E-state index contributed by atoms with van der Waals surface area (Å²) in [6.45, 7) is 0. The highest BCUT2D eigenvalue weighted by molar-refractivity contribution is 5.12. The highest BCUT2D eigenvalue weighted by atomic mass is 16.6. The first kappa shape index (κ1) is 6.84. The number of ether oxygens (including phenoxy) is 1. The zero-order chi connectivity index (χ0) is 8.23. The van der Waals surface area contributed by atoms with E-state index in [9.17, 15) is 0 Å². The number of hydrogen-bond donors (Lipinski definition) is 0. The van der Waals surface area contributed by atoms with E-state index in [1.54, 1.807) is 12.3 Å². The lowest BCUT2D eigenvalue weighted by Crippen LogP contribution is -1.85. The summed E-state index contributed by atoms with van der Waals surface area (Å²) in [4.78, 5) is 7.71. The van der Waals surface area contributed by atoms with Crippen molar-refractivity contribution in [3.8, 4) is 12.0 Å². The second-order valence-electron chi connectivity index (χ2n) is 2.07. The molecule has 12 heavy (non-hydrogen) atoms. The smallest absolute Gasteiger partial charge is 0.400 e. The van der Waals surface area contributed by atoms with Crippen molar-refractivity contribution in [2.75, 3.05) is 0 Å². The van der Waals surface area contributed by atoms with Gasteiger partial charge in [0.05, 0.1) is 6.20 Å². The van der Waals surface area contributed by atoms with E-state index >= 15 is 0 Å². The second kappa shape index (κ2) is 3.04. The number of aromatic nitrogens is 2. The minimum absolute atomic E-state index is 0.203. The quantitative estimate of drug-likeness (QED) is 0.676. The zero-order valence-electron chi connectivity index (χ0n) is 6.18. The van der Waals surface area contributed by atoms with Crippen molar-refractivity contribution < 1.29 is 9.15 Å². The fraction of sp³-hybridized carbons (Fsp3) is 0. The van der Waals surface area contributed by atoms with E-state index < -0.39 is 0 Å². The molecule has 2 aromatic heterocycles. The van der Waals surface area contributed by atoms with Gasteiger partial charge in [0.15, 0.2) is 0 Å². The molecule has 4 heteroatoms. The first-order valence-electron chi connectivity index (χ1n) is 3.43. The third kappa shape index (κ3) is 1.42. The molecule has 0 aliphatic heterocycles. The van der Waals surface area contributed by atoms with Crippen LogP contribution in [-0.2, 0) is 0 Å². The molecule has 0 N–H and O–H groups in total. The molecular weight excluding hydrogens is 156 g/mol. The Hall–Kier alpha value is -1.84. The monoisotopic (exact) mass is 162 g/mol. The SMILES string of the molecule is c1ccc(Oc2ncco2)nc1. The van der Waals surface area contributed by atoms with E-state index in [1.165, 1.54) is 12.5 Å². The lowest BCUT2D eigenvalue weighted by Gasteiger charge is -1.96. The van der Waals surface area contributed by atoms with Crippen LogP contribution in [0.25, 0.3) is 0 Å². The maximum absolute atomic E-state index is 5.13. The second-order valence-corrected chi connectivity index (χ2v) is 2.07. The first-order valence-corrected chi connectivity index (χ1v) is 3.43. The first-order chi connectivity index (χ1) is 5.95. The predicted octanol–water partition coefficient (Wildman–Crippen LogP) is 1.86. The van der Waals surface area contributed by atoms with Crippen LogP contribution >= 0.6 is 0 Å². The van der Waals surface area contributed by atoms with Gasteiger partial charge in [-0.3, -0.25) is 0 Å². The van der Waals surface area contributed by atoms with Crippen LogP contribution in [0.5, 0.6) is 12.0 Å². The molecule has 0 aliphatic carbocycles. The Kier molecular flexibility index (Phi) is 1.74. The van der Waals surface area contributed by atoms with E-state index in [0.717, 1.165) is 0 Å². The Morgan fingerprint density at radius 2 is 2.17 bits per heavy atom. The van der Waals surface area contributed by atoms with Gasteiger partial charge in [-0.25, -0.2) is 4.98 Å². The number of hydrogen-bond acceptors (Lipinski definition) is 4. The lowest BCUT2D eigenvalue weighted by atomic mass is 10.5. The summed E-state index contributed by atoms with van der Waals surface area (Å²) in [6.07, 6.45) is 4.79. The molecule has 0 spiro atoms. The minimum Gasteiger partial charge on any atom is -0.417 e. The van der Waals surface area contributed by atoms with Crippen LogP contribution in [0.4, 0.5) is 0 Å². The molecule has 2 rings (SSSR count). The van der Waals surface area contributed by atoms with Crippen LogP contribution in [0, 0.1) is 0 Å². The molecule has 0 saturated carbocycles. The maximum Gasteiger partial charge on any atom is 0.400 e. The number of oxazole rings is 1. The molecule has 0 aliphatic rings. The highest BCUT2D eigenvalue weighted by Crippen LogP contribution is 2.14. The van der Waals surface area contributed by atoms with Crippen LogP contribution in [0.2, 0.25) is 0 Å². The van der Waals surface area contributed by atoms with Gasteiger partial charge in [0.25, 0.3) is 0 Å². The third-order valence-electron chi connectivity index (χ3n) is 1.24. The normalized spacial score (nSPS) is 9.67. The molecule has 4 nitrogen and oxygen atoms in total. The minimum atomic E-state index is 0.203. The standard InChI is InChI=1S/C8H6N2O2/c1-2-4-9-7(3-1)12-8-10-5-6-11-8/h1-6H. The van der Waals surface area contributed by atoms with Gasteiger partial charge in [-0.15, -0.1) is 0 Å². The van der Waals surface area contributed by atoms with Crippen LogP contribution in [0.15, 0.2) is 41.3 Å². The Labute approximate surface area is 68.8 Å². The predicted molar refractivity (Wildman–Crippen MR) is 40.8 cm³/mol. The van der Waals surface area contributed by atoms with Crippen LogP contribution in [0.1, 0.15) is 0 Å². The fourth-order valence-electron chi connectivity index (χ4n) is 0.758. The third-order valence-corrected chi connectivity index (χ3v) is 1.24. The van der Waals surface area contributed by atoms with Gasteiger partial charge in [-0.05, 0) is 6.07 Å². The molecule has 0 unspecified atom stereocenters. The molecule has 0 bridgehead atoms. The molecule has 2 aromatic rings. The van der Waals surface area contributed by atoms with Gasteiger partial charge in [0.2, 0.25) is 5.88 Å². The summed E-state index contributed by atoms with van der Waals surface area (Å²) >= 11 is 0. The molecule has 0 atom stereocenters. The number of nitrogens with zero attached hydrogens (tertiary/aromatic N) is 2. The summed E-state index contributed by atoms with van der Waals surface area (Å²) < 4.78 is 9.99. The average Bonchev–Trinajstić information content (AvgIpc) is 2.59. The van der Waals surface area contributed by atoms with Crippen molar-refractivity contribution in [2.45, 2.75) is 0 Å². The number of rotatable bonds is 2. The molecule has 0 saturated heterocycles. The fourth-order valence-corrected chi connectivity index (χ4v) is 0.758. The molecule has 0 aromatic carbocycles. The number of pyridine rings is 1. The van der Waals surface area contributed by atoms with Gasteiger partial charge in [0, 0.05) is 12.3 Å². The molecular formula is C8H6N2O2. The van der Waals surface area contributed by atoms with Crippen molar-refractivity contribution in [1.29, 1.82) is 0 Å². The summed E-state index contributed by atoms with van der Waals surface area (Å²) in [7, 11) is 0. The summed E-state index contributed by atoms with van der Waals surface area (Å²) in [5.74, 6) is 0.472. The van der Waals surface area contributed by atoms with Crippen LogP contribution in [-0.4, -0.2) is 9.97 Å².